The normalized spacial score (nSPS) is 14.5. The summed E-state index contributed by atoms with van der Waals surface area (Å²) in [4.78, 5) is 23.6. The first-order chi connectivity index (χ1) is 13.2. The molecule has 0 spiro atoms. The first-order valence-electron chi connectivity index (χ1n) is 8.54. The zero-order chi connectivity index (χ0) is 20.5. The number of fused-ring (bicyclic) bond motifs is 1. The number of rotatable bonds is 5. The molecule has 1 aliphatic heterocycles. The van der Waals surface area contributed by atoms with Crippen molar-refractivity contribution in [2.45, 2.75) is 30.4 Å². The van der Waals surface area contributed by atoms with Crippen molar-refractivity contribution < 1.29 is 27.1 Å². The fourth-order valence-corrected chi connectivity index (χ4v) is 4.46. The van der Waals surface area contributed by atoms with E-state index in [4.69, 9.17) is 4.74 Å². The maximum atomic E-state index is 13.7. The topological polar surface area (TPSA) is 102 Å². The lowest BCUT2D eigenvalue weighted by molar-refractivity contribution is -0.118. The molecule has 0 radical (unpaired) electrons. The van der Waals surface area contributed by atoms with Crippen LogP contribution in [0.4, 0.5) is 15.8 Å². The van der Waals surface area contributed by atoms with Crippen molar-refractivity contribution in [3.63, 3.8) is 0 Å². The van der Waals surface area contributed by atoms with E-state index in [2.05, 4.69) is 10.6 Å². The quantitative estimate of drug-likeness (QED) is 0.795. The molecule has 1 atom stereocenters. The SMILES string of the molecule is Cc1cc2c(cc1S(=O)(=O)C(C)CC(=O)Nc1ccccc1F)OCC(=O)N2. The van der Waals surface area contributed by atoms with Crippen LogP contribution in [0.5, 0.6) is 5.75 Å². The highest BCUT2D eigenvalue weighted by Gasteiger charge is 2.29. The van der Waals surface area contributed by atoms with E-state index in [-0.39, 0.29) is 35.3 Å². The molecule has 9 heteroatoms. The molecule has 0 saturated carbocycles. The number of carbonyl (C=O) groups is 2. The Balaban J connectivity index is 1.79. The van der Waals surface area contributed by atoms with Crippen LogP contribution >= 0.6 is 0 Å². The zero-order valence-corrected chi connectivity index (χ0v) is 16.1. The van der Waals surface area contributed by atoms with E-state index in [1.165, 1.54) is 37.3 Å². The molecule has 2 amide bonds. The Bertz CT molecular complexity index is 1050. The average molecular weight is 406 g/mol. The zero-order valence-electron chi connectivity index (χ0n) is 15.3. The molecule has 0 fully saturated rings. The van der Waals surface area contributed by atoms with Gasteiger partial charge >= 0.3 is 0 Å². The van der Waals surface area contributed by atoms with Crippen LogP contribution in [0.3, 0.4) is 0 Å². The van der Waals surface area contributed by atoms with Crippen molar-refractivity contribution in [1.29, 1.82) is 0 Å². The predicted molar refractivity (Wildman–Crippen MR) is 102 cm³/mol. The van der Waals surface area contributed by atoms with Crippen LogP contribution in [-0.4, -0.2) is 32.1 Å². The molecule has 1 aliphatic rings. The summed E-state index contributed by atoms with van der Waals surface area (Å²) in [5.41, 5.74) is 0.815. The number of ether oxygens (including phenoxy) is 1. The minimum atomic E-state index is -3.86. The average Bonchev–Trinajstić information content (AvgIpc) is 2.62. The summed E-state index contributed by atoms with van der Waals surface area (Å²) in [5, 5.41) is 3.95. The summed E-state index contributed by atoms with van der Waals surface area (Å²) >= 11 is 0. The van der Waals surface area contributed by atoms with Crippen LogP contribution in [0.25, 0.3) is 0 Å². The van der Waals surface area contributed by atoms with E-state index in [9.17, 15) is 22.4 Å². The second kappa shape index (κ2) is 7.59. The number of anilines is 2. The molecule has 28 heavy (non-hydrogen) atoms. The van der Waals surface area contributed by atoms with Crippen LogP contribution in [0.1, 0.15) is 18.9 Å². The van der Waals surface area contributed by atoms with E-state index in [1.807, 2.05) is 0 Å². The summed E-state index contributed by atoms with van der Waals surface area (Å²) in [6, 6.07) is 8.52. The summed E-state index contributed by atoms with van der Waals surface area (Å²) in [5.74, 6) is -1.27. The van der Waals surface area contributed by atoms with Gasteiger partial charge < -0.3 is 15.4 Å². The van der Waals surface area contributed by atoms with Gasteiger partial charge in [-0.3, -0.25) is 9.59 Å². The standard InChI is InChI=1S/C19H19FN2O5S/c1-11-7-15-16(27-10-19(24)22-15)9-17(11)28(25,26)12(2)8-18(23)21-14-6-4-3-5-13(14)20/h3-7,9,12H,8,10H2,1-2H3,(H,21,23)(H,22,24). The van der Waals surface area contributed by atoms with Crippen LogP contribution in [-0.2, 0) is 19.4 Å². The van der Waals surface area contributed by atoms with Gasteiger partial charge in [0.05, 0.1) is 21.5 Å². The summed E-state index contributed by atoms with van der Waals surface area (Å²) < 4.78 is 44.9. The fraction of sp³-hybridized carbons (Fsp3) is 0.263. The van der Waals surface area contributed by atoms with E-state index in [1.54, 1.807) is 13.0 Å². The Kier molecular flexibility index (Phi) is 5.37. The molecular formula is C19H19FN2O5S. The molecule has 2 N–H and O–H groups in total. The highest BCUT2D eigenvalue weighted by Crippen LogP contribution is 2.34. The molecule has 148 valence electrons. The fourth-order valence-electron chi connectivity index (χ4n) is 2.87. The lowest BCUT2D eigenvalue weighted by Gasteiger charge is -2.21. The van der Waals surface area contributed by atoms with Crippen LogP contribution in [0.2, 0.25) is 0 Å². The van der Waals surface area contributed by atoms with Gasteiger partial charge in [0.1, 0.15) is 11.6 Å². The highest BCUT2D eigenvalue weighted by atomic mass is 32.2. The van der Waals surface area contributed by atoms with Gasteiger partial charge in [0.25, 0.3) is 5.91 Å². The molecule has 0 bridgehead atoms. The van der Waals surface area contributed by atoms with Gasteiger partial charge in [-0.1, -0.05) is 12.1 Å². The Morgan fingerprint density at radius 2 is 2.04 bits per heavy atom. The molecule has 0 aromatic heterocycles. The number of benzene rings is 2. The molecule has 7 nitrogen and oxygen atoms in total. The van der Waals surface area contributed by atoms with E-state index < -0.39 is 26.8 Å². The molecule has 2 aromatic rings. The third kappa shape index (κ3) is 3.99. The van der Waals surface area contributed by atoms with Crippen molar-refractivity contribution in [2.75, 3.05) is 17.2 Å². The monoisotopic (exact) mass is 406 g/mol. The van der Waals surface area contributed by atoms with Crippen LogP contribution < -0.4 is 15.4 Å². The van der Waals surface area contributed by atoms with Gasteiger partial charge in [0.15, 0.2) is 16.4 Å². The molecule has 1 unspecified atom stereocenters. The lowest BCUT2D eigenvalue weighted by atomic mass is 10.2. The third-order valence-electron chi connectivity index (χ3n) is 4.37. The van der Waals surface area contributed by atoms with E-state index >= 15 is 0 Å². The van der Waals surface area contributed by atoms with Gasteiger partial charge in [-0.2, -0.15) is 0 Å². The van der Waals surface area contributed by atoms with Gasteiger partial charge in [0.2, 0.25) is 5.91 Å². The maximum Gasteiger partial charge on any atom is 0.262 e. The second-order valence-corrected chi connectivity index (χ2v) is 8.87. The number of para-hydroxylation sites is 1. The van der Waals surface area contributed by atoms with Gasteiger partial charge in [-0.25, -0.2) is 12.8 Å². The lowest BCUT2D eigenvalue weighted by Crippen LogP contribution is -2.27. The van der Waals surface area contributed by atoms with Crippen molar-refractivity contribution in [2.24, 2.45) is 0 Å². The number of nitrogens with one attached hydrogen (secondary N) is 2. The molecular weight excluding hydrogens is 387 g/mol. The van der Waals surface area contributed by atoms with Crippen molar-refractivity contribution in [3.8, 4) is 5.75 Å². The molecule has 0 aliphatic carbocycles. The Morgan fingerprint density at radius 1 is 1.32 bits per heavy atom. The predicted octanol–water partition coefficient (Wildman–Crippen LogP) is 2.66. The number of sulfone groups is 1. The minimum Gasteiger partial charge on any atom is -0.482 e. The smallest absolute Gasteiger partial charge is 0.262 e. The largest absolute Gasteiger partial charge is 0.482 e. The van der Waals surface area contributed by atoms with Gasteiger partial charge in [0, 0.05) is 12.5 Å². The Hall–Kier alpha value is -2.94. The number of aryl methyl sites for hydroxylation is 1. The van der Waals surface area contributed by atoms with Crippen molar-refractivity contribution in [1.82, 2.24) is 0 Å². The van der Waals surface area contributed by atoms with Crippen molar-refractivity contribution in [3.05, 3.63) is 47.8 Å². The van der Waals surface area contributed by atoms with E-state index in [0.717, 1.165) is 0 Å². The maximum absolute atomic E-state index is 13.7. The highest BCUT2D eigenvalue weighted by molar-refractivity contribution is 7.92. The van der Waals surface area contributed by atoms with E-state index in [0.29, 0.717) is 11.3 Å². The number of halogens is 1. The summed E-state index contributed by atoms with van der Waals surface area (Å²) in [7, 11) is -3.86. The second-order valence-electron chi connectivity index (χ2n) is 6.54. The molecule has 2 aromatic carbocycles. The number of hydrogen-bond acceptors (Lipinski definition) is 5. The summed E-state index contributed by atoms with van der Waals surface area (Å²) in [6.07, 6.45) is -0.342. The summed E-state index contributed by atoms with van der Waals surface area (Å²) in [6.45, 7) is 2.81. The third-order valence-corrected chi connectivity index (χ3v) is 6.65. The molecule has 1 heterocycles. The first kappa shape index (κ1) is 19.8. The number of carbonyl (C=O) groups excluding carboxylic acids is 2. The Morgan fingerprint density at radius 3 is 2.75 bits per heavy atom. The molecule has 0 saturated heterocycles. The van der Waals surface area contributed by atoms with Crippen LogP contribution in [0.15, 0.2) is 41.3 Å². The van der Waals surface area contributed by atoms with Gasteiger partial charge in [-0.05, 0) is 37.6 Å². The number of hydrogen-bond donors (Lipinski definition) is 2. The molecule has 3 rings (SSSR count). The van der Waals surface area contributed by atoms with Crippen molar-refractivity contribution >= 4 is 33.0 Å². The number of amides is 2. The first-order valence-corrected chi connectivity index (χ1v) is 10.1. The Labute approximate surface area is 161 Å². The van der Waals surface area contributed by atoms with Crippen LogP contribution in [0, 0.1) is 12.7 Å². The van der Waals surface area contributed by atoms with Gasteiger partial charge in [-0.15, -0.1) is 0 Å². The minimum absolute atomic E-state index is 0.00815.